The molecular weight excluding hydrogens is 204 g/mol. The first-order chi connectivity index (χ1) is 7.74. The second-order valence-electron chi connectivity index (χ2n) is 3.17. The average molecular weight is 218 g/mol. The lowest BCUT2D eigenvalue weighted by Gasteiger charge is -2.02. The van der Waals surface area contributed by atoms with Crippen LogP contribution in [0, 0.1) is 11.8 Å². The van der Waals surface area contributed by atoms with Gasteiger partial charge in [0.15, 0.2) is 0 Å². The van der Waals surface area contributed by atoms with E-state index in [4.69, 9.17) is 5.11 Å². The maximum Gasteiger partial charge on any atom is 0.354 e. The third kappa shape index (κ3) is 4.11. The molecule has 4 heteroatoms. The van der Waals surface area contributed by atoms with Crippen LogP contribution >= 0.6 is 0 Å². The summed E-state index contributed by atoms with van der Waals surface area (Å²) in [7, 11) is 0. The minimum absolute atomic E-state index is 0.0765. The van der Waals surface area contributed by atoms with Gasteiger partial charge in [-0.2, -0.15) is 0 Å². The molecule has 16 heavy (non-hydrogen) atoms. The summed E-state index contributed by atoms with van der Waals surface area (Å²) in [6, 6.07) is 4.97. The molecule has 4 nitrogen and oxygen atoms in total. The van der Waals surface area contributed by atoms with Crippen molar-refractivity contribution in [2.24, 2.45) is 0 Å². The Morgan fingerprint density at radius 3 is 3.06 bits per heavy atom. The Morgan fingerprint density at radius 1 is 1.56 bits per heavy atom. The molecule has 1 aromatic rings. The summed E-state index contributed by atoms with van der Waals surface area (Å²) >= 11 is 0. The summed E-state index contributed by atoms with van der Waals surface area (Å²) in [5.74, 6) is 4.74. The normalized spacial score (nSPS) is 9.31. The fourth-order valence-electron chi connectivity index (χ4n) is 1.19. The van der Waals surface area contributed by atoms with Crippen molar-refractivity contribution in [3.63, 3.8) is 0 Å². The maximum atomic E-state index is 10.7. The number of carboxylic acids is 1. The summed E-state index contributed by atoms with van der Waals surface area (Å²) < 4.78 is 0. The molecule has 0 saturated heterocycles. The lowest BCUT2D eigenvalue weighted by molar-refractivity contribution is 0.0690. The molecule has 1 aromatic heterocycles. The number of rotatable bonds is 5. The number of aromatic carboxylic acids is 1. The second-order valence-corrected chi connectivity index (χ2v) is 3.17. The standard InChI is InChI=1S/C12H14N2O2/c1-2-3-4-8-13-9-10-6-5-7-11(14-10)12(15)16/h5-7,13H,4,8-9H2,1H3,(H,15,16). The monoisotopic (exact) mass is 218 g/mol. The molecule has 0 aliphatic carbocycles. The molecule has 0 spiro atoms. The zero-order chi connectivity index (χ0) is 11.8. The van der Waals surface area contributed by atoms with Gasteiger partial charge < -0.3 is 10.4 Å². The highest BCUT2D eigenvalue weighted by atomic mass is 16.4. The third-order valence-corrected chi connectivity index (χ3v) is 1.94. The molecule has 2 N–H and O–H groups in total. The molecule has 0 saturated carbocycles. The molecule has 0 aliphatic rings. The predicted octanol–water partition coefficient (Wildman–Crippen LogP) is 1.28. The Labute approximate surface area is 94.7 Å². The topological polar surface area (TPSA) is 62.2 Å². The summed E-state index contributed by atoms with van der Waals surface area (Å²) in [4.78, 5) is 14.7. The van der Waals surface area contributed by atoms with E-state index in [1.807, 2.05) is 0 Å². The van der Waals surface area contributed by atoms with E-state index in [0.717, 1.165) is 18.7 Å². The van der Waals surface area contributed by atoms with E-state index in [2.05, 4.69) is 22.1 Å². The quantitative estimate of drug-likeness (QED) is 0.577. The molecule has 84 valence electrons. The van der Waals surface area contributed by atoms with Gasteiger partial charge in [0.2, 0.25) is 0 Å². The highest BCUT2D eigenvalue weighted by Gasteiger charge is 2.04. The van der Waals surface area contributed by atoms with Crippen LogP contribution < -0.4 is 5.32 Å². The third-order valence-electron chi connectivity index (χ3n) is 1.94. The first-order valence-corrected chi connectivity index (χ1v) is 5.03. The predicted molar refractivity (Wildman–Crippen MR) is 61.0 cm³/mol. The van der Waals surface area contributed by atoms with E-state index in [9.17, 15) is 4.79 Å². The van der Waals surface area contributed by atoms with Gasteiger partial charge in [0.25, 0.3) is 0 Å². The summed E-state index contributed by atoms with van der Waals surface area (Å²) in [6.45, 7) is 3.14. The van der Waals surface area contributed by atoms with Crippen molar-refractivity contribution in [2.45, 2.75) is 19.9 Å². The number of aromatic nitrogens is 1. The Hall–Kier alpha value is -1.86. The van der Waals surface area contributed by atoms with E-state index in [-0.39, 0.29) is 5.69 Å². The zero-order valence-electron chi connectivity index (χ0n) is 9.16. The van der Waals surface area contributed by atoms with Crippen LogP contribution in [0.3, 0.4) is 0 Å². The van der Waals surface area contributed by atoms with Gasteiger partial charge in [0.1, 0.15) is 5.69 Å². The molecule has 0 radical (unpaired) electrons. The summed E-state index contributed by atoms with van der Waals surface area (Å²) in [5, 5.41) is 11.9. The molecule has 0 amide bonds. The molecule has 0 aliphatic heterocycles. The molecule has 0 fully saturated rings. The van der Waals surface area contributed by atoms with Crippen LogP contribution in [0.15, 0.2) is 18.2 Å². The van der Waals surface area contributed by atoms with Crippen molar-refractivity contribution in [3.05, 3.63) is 29.6 Å². The number of carboxylic acid groups (broad SMARTS) is 1. The molecule has 1 heterocycles. The highest BCUT2D eigenvalue weighted by molar-refractivity contribution is 5.85. The fraction of sp³-hybridized carbons (Fsp3) is 0.333. The number of carbonyl (C=O) groups is 1. The first-order valence-electron chi connectivity index (χ1n) is 5.03. The Bertz CT molecular complexity index is 419. The Morgan fingerprint density at radius 2 is 2.38 bits per heavy atom. The van der Waals surface area contributed by atoms with E-state index in [1.54, 1.807) is 19.1 Å². The zero-order valence-corrected chi connectivity index (χ0v) is 9.16. The maximum absolute atomic E-state index is 10.7. The first kappa shape index (κ1) is 12.2. The van der Waals surface area contributed by atoms with Crippen LogP contribution in [0.25, 0.3) is 0 Å². The van der Waals surface area contributed by atoms with Crippen LogP contribution in [0.1, 0.15) is 29.5 Å². The number of pyridine rings is 1. The van der Waals surface area contributed by atoms with Gasteiger partial charge in [-0.05, 0) is 19.1 Å². The minimum atomic E-state index is -1.00. The van der Waals surface area contributed by atoms with Crippen LogP contribution in [-0.2, 0) is 6.54 Å². The van der Waals surface area contributed by atoms with Crippen LogP contribution in [-0.4, -0.2) is 22.6 Å². The molecule has 0 atom stereocenters. The van der Waals surface area contributed by atoms with Gasteiger partial charge in [0.05, 0.1) is 5.69 Å². The largest absolute Gasteiger partial charge is 0.477 e. The van der Waals surface area contributed by atoms with Gasteiger partial charge in [-0.1, -0.05) is 6.07 Å². The SMILES string of the molecule is CC#CCCNCc1cccc(C(=O)O)n1. The highest BCUT2D eigenvalue weighted by Crippen LogP contribution is 1.99. The lowest BCUT2D eigenvalue weighted by Crippen LogP contribution is -2.16. The van der Waals surface area contributed by atoms with Gasteiger partial charge >= 0.3 is 5.97 Å². The smallest absolute Gasteiger partial charge is 0.354 e. The average Bonchev–Trinajstić information content (AvgIpc) is 2.29. The van der Waals surface area contributed by atoms with Crippen molar-refractivity contribution < 1.29 is 9.90 Å². The van der Waals surface area contributed by atoms with Gasteiger partial charge in [-0.3, -0.25) is 0 Å². The van der Waals surface area contributed by atoms with Crippen molar-refractivity contribution in [1.82, 2.24) is 10.3 Å². The number of nitrogens with zero attached hydrogens (tertiary/aromatic N) is 1. The van der Waals surface area contributed by atoms with E-state index in [1.165, 1.54) is 6.07 Å². The molecule has 0 bridgehead atoms. The van der Waals surface area contributed by atoms with Crippen LogP contribution in [0.5, 0.6) is 0 Å². The summed E-state index contributed by atoms with van der Waals surface area (Å²) in [6.07, 6.45) is 0.787. The van der Waals surface area contributed by atoms with Crippen molar-refractivity contribution >= 4 is 5.97 Å². The molecule has 0 aromatic carbocycles. The number of nitrogens with one attached hydrogen (secondary N) is 1. The Balaban J connectivity index is 2.44. The van der Waals surface area contributed by atoms with Crippen LogP contribution in [0.2, 0.25) is 0 Å². The van der Waals surface area contributed by atoms with Gasteiger partial charge in [-0.25, -0.2) is 9.78 Å². The van der Waals surface area contributed by atoms with Crippen molar-refractivity contribution in [2.75, 3.05) is 6.54 Å². The van der Waals surface area contributed by atoms with Crippen LogP contribution in [0.4, 0.5) is 0 Å². The fourth-order valence-corrected chi connectivity index (χ4v) is 1.19. The van der Waals surface area contributed by atoms with E-state index in [0.29, 0.717) is 6.54 Å². The molecule has 1 rings (SSSR count). The van der Waals surface area contributed by atoms with Gasteiger partial charge in [0, 0.05) is 19.5 Å². The second kappa shape index (κ2) is 6.59. The van der Waals surface area contributed by atoms with E-state index < -0.39 is 5.97 Å². The number of hydrogen-bond donors (Lipinski definition) is 2. The minimum Gasteiger partial charge on any atom is -0.477 e. The van der Waals surface area contributed by atoms with E-state index >= 15 is 0 Å². The van der Waals surface area contributed by atoms with Gasteiger partial charge in [-0.15, -0.1) is 11.8 Å². The number of hydrogen-bond acceptors (Lipinski definition) is 3. The van der Waals surface area contributed by atoms with Crippen molar-refractivity contribution in [3.8, 4) is 11.8 Å². The lowest BCUT2D eigenvalue weighted by atomic mass is 10.3. The Kier molecular flexibility index (Phi) is 5.03. The summed E-state index contributed by atoms with van der Waals surface area (Å²) in [5.41, 5.74) is 0.803. The van der Waals surface area contributed by atoms with Crippen molar-refractivity contribution in [1.29, 1.82) is 0 Å². The molecule has 0 unspecified atom stereocenters. The molecular formula is C12H14N2O2.